The fourth-order valence-corrected chi connectivity index (χ4v) is 3.38. The molecule has 1 unspecified atom stereocenters. The lowest BCUT2D eigenvalue weighted by Gasteiger charge is -2.35. The number of hydrogen-bond donors (Lipinski definition) is 1. The van der Waals surface area contributed by atoms with Crippen LogP contribution >= 0.6 is 11.6 Å². The zero-order valence-electron chi connectivity index (χ0n) is 14.4. The van der Waals surface area contributed by atoms with Crippen LogP contribution in [0.5, 0.6) is 0 Å². The Morgan fingerprint density at radius 2 is 1.96 bits per heavy atom. The van der Waals surface area contributed by atoms with Crippen molar-refractivity contribution in [2.75, 3.05) is 32.8 Å². The molecular weight excluding hydrogens is 336 g/mol. The Balaban J connectivity index is 1.75. The van der Waals surface area contributed by atoms with Crippen molar-refractivity contribution in [2.45, 2.75) is 13.0 Å². The Morgan fingerprint density at radius 3 is 2.68 bits per heavy atom. The summed E-state index contributed by atoms with van der Waals surface area (Å²) in [5, 5.41) is 3.52. The third kappa shape index (κ3) is 4.60. The maximum Gasteiger partial charge on any atom is 0.252 e. The summed E-state index contributed by atoms with van der Waals surface area (Å²) in [6, 6.07) is 15.7. The molecule has 1 heterocycles. The molecule has 0 aliphatic carbocycles. The van der Waals surface area contributed by atoms with Crippen LogP contribution in [0.1, 0.15) is 27.5 Å². The number of carbonyl (C=O) groups is 1. The molecule has 2 aromatic carbocycles. The maximum atomic E-state index is 12.5. The highest BCUT2D eigenvalue weighted by atomic mass is 35.5. The SMILES string of the molecule is Cc1cccc(C(CNC(=O)c2ccccc2Cl)N2CCOCC2)c1. The van der Waals surface area contributed by atoms with Gasteiger partial charge in [-0.3, -0.25) is 9.69 Å². The third-order valence-electron chi connectivity index (χ3n) is 4.49. The van der Waals surface area contributed by atoms with Crippen LogP contribution in [0.4, 0.5) is 0 Å². The van der Waals surface area contributed by atoms with Gasteiger partial charge >= 0.3 is 0 Å². The number of benzene rings is 2. The van der Waals surface area contributed by atoms with Crippen molar-refractivity contribution in [1.29, 1.82) is 0 Å². The van der Waals surface area contributed by atoms with Crippen LogP contribution in [0.15, 0.2) is 48.5 Å². The zero-order valence-corrected chi connectivity index (χ0v) is 15.1. The number of halogens is 1. The fourth-order valence-electron chi connectivity index (χ4n) is 3.15. The predicted molar refractivity (Wildman–Crippen MR) is 100 cm³/mol. The van der Waals surface area contributed by atoms with E-state index in [0.717, 1.165) is 26.3 Å². The number of aryl methyl sites for hydroxylation is 1. The first-order valence-electron chi connectivity index (χ1n) is 8.56. The molecule has 1 aliphatic heterocycles. The van der Waals surface area contributed by atoms with Gasteiger partial charge in [-0.2, -0.15) is 0 Å². The topological polar surface area (TPSA) is 41.6 Å². The normalized spacial score (nSPS) is 16.4. The molecule has 0 aromatic heterocycles. The minimum atomic E-state index is -0.142. The highest BCUT2D eigenvalue weighted by molar-refractivity contribution is 6.33. The molecule has 1 amide bonds. The molecule has 0 bridgehead atoms. The molecule has 0 radical (unpaired) electrons. The molecule has 4 nitrogen and oxygen atoms in total. The van der Waals surface area contributed by atoms with E-state index in [1.807, 2.05) is 12.1 Å². The molecule has 3 rings (SSSR count). The van der Waals surface area contributed by atoms with Crippen LogP contribution in [-0.2, 0) is 4.74 Å². The van der Waals surface area contributed by atoms with Crippen LogP contribution in [0, 0.1) is 6.92 Å². The monoisotopic (exact) mass is 358 g/mol. The number of hydrogen-bond acceptors (Lipinski definition) is 3. The highest BCUT2D eigenvalue weighted by Crippen LogP contribution is 2.23. The molecule has 132 valence electrons. The van der Waals surface area contributed by atoms with Gasteiger partial charge in [-0.25, -0.2) is 0 Å². The molecule has 1 atom stereocenters. The van der Waals surface area contributed by atoms with E-state index < -0.39 is 0 Å². The lowest BCUT2D eigenvalue weighted by molar-refractivity contribution is 0.0162. The Labute approximate surface area is 153 Å². The highest BCUT2D eigenvalue weighted by Gasteiger charge is 2.23. The minimum absolute atomic E-state index is 0.121. The van der Waals surface area contributed by atoms with E-state index >= 15 is 0 Å². The number of rotatable bonds is 5. The van der Waals surface area contributed by atoms with E-state index in [9.17, 15) is 4.79 Å². The minimum Gasteiger partial charge on any atom is -0.379 e. The standard InChI is InChI=1S/C20H23ClN2O2/c1-15-5-4-6-16(13-15)19(23-9-11-25-12-10-23)14-22-20(24)17-7-2-3-8-18(17)21/h2-8,13,19H,9-12,14H2,1H3,(H,22,24). The number of nitrogens with one attached hydrogen (secondary N) is 1. The molecule has 0 spiro atoms. The largest absolute Gasteiger partial charge is 0.379 e. The zero-order chi connectivity index (χ0) is 17.6. The first-order chi connectivity index (χ1) is 12.1. The van der Waals surface area contributed by atoms with Gasteiger partial charge in [0.1, 0.15) is 0 Å². The summed E-state index contributed by atoms with van der Waals surface area (Å²) in [7, 11) is 0. The summed E-state index contributed by atoms with van der Waals surface area (Å²) in [5.41, 5.74) is 2.93. The van der Waals surface area contributed by atoms with Gasteiger partial charge in [-0.15, -0.1) is 0 Å². The van der Waals surface area contributed by atoms with Crippen LogP contribution in [0.2, 0.25) is 5.02 Å². The quantitative estimate of drug-likeness (QED) is 0.890. The number of ether oxygens (including phenoxy) is 1. The van der Waals surface area contributed by atoms with Crippen LogP contribution in [0.3, 0.4) is 0 Å². The van der Waals surface area contributed by atoms with Gasteiger partial charge < -0.3 is 10.1 Å². The Bertz CT molecular complexity index is 729. The third-order valence-corrected chi connectivity index (χ3v) is 4.82. The number of carbonyl (C=O) groups excluding carboxylic acids is 1. The summed E-state index contributed by atoms with van der Waals surface area (Å²) < 4.78 is 5.47. The van der Waals surface area contributed by atoms with E-state index in [1.54, 1.807) is 12.1 Å². The Kier molecular flexibility index (Phi) is 6.08. The molecule has 1 aliphatic rings. The summed E-state index contributed by atoms with van der Waals surface area (Å²) in [5.74, 6) is -0.142. The van der Waals surface area contributed by atoms with Crippen molar-refractivity contribution in [1.82, 2.24) is 10.2 Å². The first-order valence-corrected chi connectivity index (χ1v) is 8.94. The second kappa shape index (κ2) is 8.48. The smallest absolute Gasteiger partial charge is 0.252 e. The van der Waals surface area contributed by atoms with Gasteiger partial charge in [-0.1, -0.05) is 53.6 Å². The van der Waals surface area contributed by atoms with Crippen LogP contribution in [-0.4, -0.2) is 43.7 Å². The van der Waals surface area contributed by atoms with E-state index in [4.69, 9.17) is 16.3 Å². The van der Waals surface area contributed by atoms with E-state index in [0.29, 0.717) is 17.1 Å². The number of nitrogens with zero attached hydrogens (tertiary/aromatic N) is 1. The maximum absolute atomic E-state index is 12.5. The lowest BCUT2D eigenvalue weighted by atomic mass is 10.0. The van der Waals surface area contributed by atoms with Crippen molar-refractivity contribution in [3.63, 3.8) is 0 Å². The Morgan fingerprint density at radius 1 is 1.20 bits per heavy atom. The Hall–Kier alpha value is -1.88. The van der Waals surface area contributed by atoms with Gasteiger partial charge in [0.2, 0.25) is 0 Å². The van der Waals surface area contributed by atoms with Gasteiger partial charge in [-0.05, 0) is 24.6 Å². The molecule has 1 N–H and O–H groups in total. The average Bonchev–Trinajstić information content (AvgIpc) is 2.63. The second-order valence-electron chi connectivity index (χ2n) is 6.27. The van der Waals surface area contributed by atoms with Gasteiger partial charge in [0.25, 0.3) is 5.91 Å². The van der Waals surface area contributed by atoms with Crippen LogP contribution in [0.25, 0.3) is 0 Å². The van der Waals surface area contributed by atoms with Crippen molar-refractivity contribution in [3.8, 4) is 0 Å². The molecular formula is C20H23ClN2O2. The predicted octanol–water partition coefficient (Wildman–Crippen LogP) is 3.45. The van der Waals surface area contributed by atoms with Gasteiger partial charge in [0.05, 0.1) is 29.8 Å². The second-order valence-corrected chi connectivity index (χ2v) is 6.68. The average molecular weight is 359 g/mol. The van der Waals surface area contributed by atoms with Gasteiger partial charge in [0, 0.05) is 19.6 Å². The molecule has 25 heavy (non-hydrogen) atoms. The summed E-state index contributed by atoms with van der Waals surface area (Å²) >= 11 is 6.13. The number of amides is 1. The molecule has 0 saturated carbocycles. The lowest BCUT2D eigenvalue weighted by Crippen LogP contribution is -2.43. The summed E-state index contributed by atoms with van der Waals surface area (Å²) in [4.78, 5) is 14.9. The van der Waals surface area contributed by atoms with Crippen molar-refractivity contribution in [3.05, 3.63) is 70.2 Å². The van der Waals surface area contributed by atoms with Crippen molar-refractivity contribution in [2.24, 2.45) is 0 Å². The number of morpholine rings is 1. The fraction of sp³-hybridized carbons (Fsp3) is 0.350. The molecule has 1 fully saturated rings. The van der Waals surface area contributed by atoms with Crippen molar-refractivity contribution >= 4 is 17.5 Å². The van der Waals surface area contributed by atoms with E-state index in [1.165, 1.54) is 11.1 Å². The molecule has 5 heteroatoms. The summed E-state index contributed by atoms with van der Waals surface area (Å²) in [6.45, 7) is 5.79. The van der Waals surface area contributed by atoms with E-state index in [-0.39, 0.29) is 11.9 Å². The molecule has 2 aromatic rings. The van der Waals surface area contributed by atoms with Crippen LogP contribution < -0.4 is 5.32 Å². The van der Waals surface area contributed by atoms with Crippen molar-refractivity contribution < 1.29 is 9.53 Å². The van der Waals surface area contributed by atoms with Gasteiger partial charge in [0.15, 0.2) is 0 Å². The molecule has 1 saturated heterocycles. The first kappa shape index (κ1) is 17.9. The summed E-state index contributed by atoms with van der Waals surface area (Å²) in [6.07, 6.45) is 0. The van der Waals surface area contributed by atoms with E-state index in [2.05, 4.69) is 41.4 Å².